The Morgan fingerprint density at radius 1 is 0.458 bits per heavy atom. The maximum atomic E-state index is 5.76. The van der Waals surface area contributed by atoms with Gasteiger partial charge in [-0.25, -0.2) is 0 Å². The molecule has 1 aliphatic heterocycles. The Labute approximate surface area is 346 Å². The number of benzene rings is 8. The Bertz CT molecular complexity index is 3240. The zero-order chi connectivity index (χ0) is 39.3. The number of nitrogens with zero attached hydrogens (tertiary/aromatic N) is 3. The summed E-state index contributed by atoms with van der Waals surface area (Å²) in [4.78, 5) is 11.3. The number of aromatic nitrogens is 3. The molecular formula is C55H39GeN3. The van der Waals surface area contributed by atoms with Crippen LogP contribution in [0.3, 0.4) is 0 Å². The van der Waals surface area contributed by atoms with Crippen molar-refractivity contribution >= 4 is 52.8 Å². The number of hydrogen-bond acceptors (Lipinski definition) is 2. The Hall–Kier alpha value is -6.82. The van der Waals surface area contributed by atoms with Gasteiger partial charge in [-0.15, -0.1) is 0 Å². The molecule has 1 aliphatic carbocycles. The quantitative estimate of drug-likeness (QED) is 0.162. The summed E-state index contributed by atoms with van der Waals surface area (Å²) in [6, 6.07) is 73.6. The van der Waals surface area contributed by atoms with E-state index in [2.05, 4.69) is 219 Å². The van der Waals surface area contributed by atoms with Gasteiger partial charge in [0.1, 0.15) is 0 Å². The molecule has 0 saturated carbocycles. The van der Waals surface area contributed by atoms with E-state index < -0.39 is 13.3 Å². The van der Waals surface area contributed by atoms with Gasteiger partial charge in [-0.2, -0.15) is 0 Å². The fraction of sp³-hybridized carbons (Fsp3) is 0.0545. The third-order valence-corrected chi connectivity index (χ3v) is 23.0. The van der Waals surface area contributed by atoms with Crippen molar-refractivity contribution in [1.82, 2.24) is 14.5 Å². The van der Waals surface area contributed by atoms with E-state index in [1.165, 1.54) is 72.9 Å². The average molecular weight is 815 g/mol. The van der Waals surface area contributed by atoms with E-state index in [4.69, 9.17) is 9.97 Å². The Kier molecular flexibility index (Phi) is 7.45. The van der Waals surface area contributed by atoms with E-state index in [1.54, 1.807) is 0 Å². The van der Waals surface area contributed by atoms with Crippen LogP contribution in [0.15, 0.2) is 200 Å². The van der Waals surface area contributed by atoms with Gasteiger partial charge in [-0.05, 0) is 5.56 Å². The number of rotatable bonds is 5. The van der Waals surface area contributed by atoms with Crippen LogP contribution in [0.25, 0.3) is 72.4 Å². The predicted octanol–water partition coefficient (Wildman–Crippen LogP) is 10.6. The summed E-state index contributed by atoms with van der Waals surface area (Å²) >= 11 is -3.65. The van der Waals surface area contributed by atoms with Crippen molar-refractivity contribution in [3.63, 3.8) is 0 Å². The first-order valence-corrected chi connectivity index (χ1v) is 24.7. The summed E-state index contributed by atoms with van der Waals surface area (Å²) in [5, 5.41) is 2.54. The summed E-state index contributed by atoms with van der Waals surface area (Å²) in [6.07, 6.45) is 0. The van der Waals surface area contributed by atoms with Crippen molar-refractivity contribution in [2.75, 3.05) is 0 Å². The maximum absolute atomic E-state index is 5.76. The minimum atomic E-state index is -3.65. The molecule has 3 nitrogen and oxygen atoms in total. The SMILES string of the molecule is CC1(C)c2ccccc2-c2cc3c(cc21)c1ccccc1n3-c1ccc(-c2nc(-c3ccccc3)c3[c](n2)[Ge]([c]2ccccc2)([c]2ccccc2)[c]2ccccc2-3)cc1. The van der Waals surface area contributed by atoms with Gasteiger partial charge in [0, 0.05) is 5.41 Å². The average Bonchev–Trinajstić information content (AvgIpc) is 3.87. The second-order valence-electron chi connectivity index (χ2n) is 16.5. The third kappa shape index (κ3) is 4.83. The van der Waals surface area contributed by atoms with E-state index in [0.717, 1.165) is 28.3 Å². The fourth-order valence-corrected chi connectivity index (χ4v) is 20.9. The van der Waals surface area contributed by atoms with Crippen LogP contribution in [0.4, 0.5) is 0 Å². The van der Waals surface area contributed by atoms with E-state index in [1.807, 2.05) is 0 Å². The molecule has 0 atom stereocenters. The molecule has 8 aromatic carbocycles. The topological polar surface area (TPSA) is 30.7 Å². The van der Waals surface area contributed by atoms with Crippen molar-refractivity contribution in [2.45, 2.75) is 19.3 Å². The monoisotopic (exact) mass is 815 g/mol. The van der Waals surface area contributed by atoms with Gasteiger partial charge in [0.15, 0.2) is 0 Å². The van der Waals surface area contributed by atoms with Crippen LogP contribution in [0.5, 0.6) is 0 Å². The van der Waals surface area contributed by atoms with Crippen molar-refractivity contribution in [2.24, 2.45) is 0 Å². The first-order chi connectivity index (χ1) is 29.0. The van der Waals surface area contributed by atoms with E-state index in [9.17, 15) is 0 Å². The van der Waals surface area contributed by atoms with Crippen LogP contribution in [0.2, 0.25) is 0 Å². The summed E-state index contributed by atoms with van der Waals surface area (Å²) < 4.78 is 7.77. The Balaban J connectivity index is 1.08. The second kappa shape index (κ2) is 12.8. The number of fused-ring (bicyclic) bond motifs is 9. The van der Waals surface area contributed by atoms with Crippen LogP contribution in [0, 0.1) is 0 Å². The molecule has 0 unspecified atom stereocenters. The van der Waals surface area contributed by atoms with Gasteiger partial charge in [-0.1, -0.05) is 38.1 Å². The molecule has 0 bridgehead atoms. The minimum absolute atomic E-state index is 0.0662. The number of hydrogen-bond donors (Lipinski definition) is 0. The zero-order valence-corrected chi connectivity index (χ0v) is 35.0. The summed E-state index contributed by atoms with van der Waals surface area (Å²) in [7, 11) is 0. The first-order valence-electron chi connectivity index (χ1n) is 20.5. The molecule has 278 valence electrons. The van der Waals surface area contributed by atoms with Gasteiger partial charge < -0.3 is 0 Å². The van der Waals surface area contributed by atoms with Crippen LogP contribution in [-0.2, 0) is 5.41 Å². The van der Waals surface area contributed by atoms with Gasteiger partial charge in [0.2, 0.25) is 0 Å². The Morgan fingerprint density at radius 2 is 1.07 bits per heavy atom. The van der Waals surface area contributed by atoms with Gasteiger partial charge >= 0.3 is 299 Å². The summed E-state index contributed by atoms with van der Waals surface area (Å²) in [5.74, 6) is 0.753. The molecule has 0 spiro atoms. The molecule has 3 heterocycles. The van der Waals surface area contributed by atoms with Crippen molar-refractivity contribution in [1.29, 1.82) is 0 Å². The van der Waals surface area contributed by atoms with Crippen LogP contribution in [0.1, 0.15) is 25.0 Å². The van der Waals surface area contributed by atoms with E-state index in [0.29, 0.717) is 0 Å². The summed E-state index contributed by atoms with van der Waals surface area (Å²) in [6.45, 7) is 4.72. The summed E-state index contributed by atoms with van der Waals surface area (Å²) in [5.41, 5.74) is 14.4. The molecule has 59 heavy (non-hydrogen) atoms. The van der Waals surface area contributed by atoms with Gasteiger partial charge in [0.05, 0.1) is 0 Å². The Morgan fingerprint density at radius 3 is 1.80 bits per heavy atom. The first kappa shape index (κ1) is 34.2. The molecule has 12 rings (SSSR count). The molecule has 0 fully saturated rings. The van der Waals surface area contributed by atoms with Crippen molar-refractivity contribution < 1.29 is 0 Å². The molecule has 4 heteroatoms. The van der Waals surface area contributed by atoms with Gasteiger partial charge in [-0.3, -0.25) is 0 Å². The van der Waals surface area contributed by atoms with Crippen molar-refractivity contribution in [3.05, 3.63) is 211 Å². The van der Waals surface area contributed by atoms with Gasteiger partial charge in [0.25, 0.3) is 0 Å². The third-order valence-electron chi connectivity index (χ3n) is 13.1. The zero-order valence-electron chi connectivity index (χ0n) is 32.9. The number of para-hydroxylation sites is 1. The molecule has 0 radical (unpaired) electrons. The van der Waals surface area contributed by atoms with Crippen LogP contribution >= 0.6 is 0 Å². The van der Waals surface area contributed by atoms with E-state index in [-0.39, 0.29) is 5.41 Å². The van der Waals surface area contributed by atoms with Crippen LogP contribution < -0.4 is 17.7 Å². The van der Waals surface area contributed by atoms with Crippen LogP contribution in [-0.4, -0.2) is 27.8 Å². The van der Waals surface area contributed by atoms with Crippen molar-refractivity contribution in [3.8, 4) is 50.6 Å². The normalized spacial score (nSPS) is 14.2. The second-order valence-corrected chi connectivity index (χ2v) is 24.2. The molecule has 0 amide bonds. The fourth-order valence-electron chi connectivity index (χ4n) is 10.4. The molecule has 0 saturated heterocycles. The predicted molar refractivity (Wildman–Crippen MR) is 247 cm³/mol. The molecule has 2 aromatic heterocycles. The molecule has 2 aliphatic rings. The molecule has 10 aromatic rings. The standard InChI is InChI=1S/C55H39GeN3/c1-55(2)46-27-15-12-24-41(46)44-35-50-45(34-47(44)55)42-25-14-17-29-49(42)59(50)40-32-30-37(31-33-40)54-57-52(36-18-6-3-7-19-36)51-43-26-13-16-28-48(43)56(53(51)58-54,38-20-8-4-9-21-38)39-22-10-5-11-23-39/h3-35H,1-2H3. The van der Waals surface area contributed by atoms with E-state index >= 15 is 0 Å². The molecule has 0 N–H and O–H groups in total. The molecular weight excluding hydrogens is 775 g/mol.